The molecule has 0 radical (unpaired) electrons. The Balaban J connectivity index is 1.47. The molecule has 0 aliphatic carbocycles. The number of amides is 1. The third kappa shape index (κ3) is 3.30. The smallest absolute Gasteiger partial charge is 0.421 e. The quantitative estimate of drug-likeness (QED) is 0.705. The normalized spacial score (nSPS) is 14.9. The van der Waals surface area contributed by atoms with Crippen molar-refractivity contribution in [3.63, 3.8) is 0 Å². The van der Waals surface area contributed by atoms with Crippen LogP contribution < -0.4 is 4.74 Å². The van der Waals surface area contributed by atoms with E-state index in [9.17, 15) is 18.0 Å². The van der Waals surface area contributed by atoms with Crippen molar-refractivity contribution in [1.29, 1.82) is 0 Å². The molecule has 138 valence electrons. The van der Waals surface area contributed by atoms with Gasteiger partial charge in [0.15, 0.2) is 0 Å². The molecule has 1 aliphatic heterocycles. The van der Waals surface area contributed by atoms with E-state index in [-0.39, 0.29) is 19.0 Å². The number of carbonyl (C=O) groups is 1. The van der Waals surface area contributed by atoms with Gasteiger partial charge in [0.25, 0.3) is 5.91 Å². The number of pyridine rings is 2. The van der Waals surface area contributed by atoms with Crippen molar-refractivity contribution in [2.45, 2.75) is 12.3 Å². The summed E-state index contributed by atoms with van der Waals surface area (Å²) in [6.45, 7) is 0.356. The maximum absolute atomic E-state index is 13.0. The van der Waals surface area contributed by atoms with Crippen LogP contribution in [-0.4, -0.2) is 40.0 Å². The summed E-state index contributed by atoms with van der Waals surface area (Å²) in [5.74, 6) is -0.742. The predicted molar refractivity (Wildman–Crippen MR) is 91.3 cm³/mol. The zero-order valence-corrected chi connectivity index (χ0v) is 14.0. The standard InChI is InChI=1S/C19H14F3N3O2/c20-19(21,22)15-6-3-8-24-17(15)27-13-10-25(11-13)18(26)16-14-5-2-1-4-12(14)7-9-23-16/h1-9,13H,10-11H2. The zero-order chi connectivity index (χ0) is 19.0. The second-order valence-corrected chi connectivity index (χ2v) is 6.18. The molecular weight excluding hydrogens is 359 g/mol. The number of fused-ring (bicyclic) bond motifs is 1. The molecule has 0 bridgehead atoms. The van der Waals surface area contributed by atoms with Crippen molar-refractivity contribution < 1.29 is 22.7 Å². The van der Waals surface area contributed by atoms with E-state index in [1.165, 1.54) is 17.2 Å². The highest BCUT2D eigenvalue weighted by atomic mass is 19.4. The minimum atomic E-state index is -4.55. The number of ether oxygens (including phenoxy) is 1. The molecule has 1 amide bonds. The topological polar surface area (TPSA) is 55.3 Å². The minimum Gasteiger partial charge on any atom is -0.470 e. The van der Waals surface area contributed by atoms with Gasteiger partial charge in [-0.25, -0.2) is 4.98 Å². The van der Waals surface area contributed by atoms with Gasteiger partial charge in [-0.3, -0.25) is 9.78 Å². The first kappa shape index (κ1) is 17.3. The molecule has 1 aromatic carbocycles. The summed E-state index contributed by atoms with van der Waals surface area (Å²) in [4.78, 5) is 22.0. The number of hydrogen-bond donors (Lipinski definition) is 0. The molecule has 1 saturated heterocycles. The molecule has 2 aromatic heterocycles. The van der Waals surface area contributed by atoms with E-state index in [2.05, 4.69) is 9.97 Å². The van der Waals surface area contributed by atoms with Gasteiger partial charge in [0.2, 0.25) is 5.88 Å². The van der Waals surface area contributed by atoms with Crippen molar-refractivity contribution in [3.05, 3.63) is 66.1 Å². The molecule has 1 aliphatic rings. The Morgan fingerprint density at radius 1 is 1.04 bits per heavy atom. The zero-order valence-electron chi connectivity index (χ0n) is 14.0. The van der Waals surface area contributed by atoms with Crippen molar-refractivity contribution in [2.75, 3.05) is 13.1 Å². The summed E-state index contributed by atoms with van der Waals surface area (Å²) in [5.41, 5.74) is -0.606. The number of likely N-dealkylation sites (tertiary alicyclic amines) is 1. The Labute approximate surface area is 152 Å². The van der Waals surface area contributed by atoms with E-state index in [1.807, 2.05) is 30.3 Å². The van der Waals surface area contributed by atoms with Crippen LogP contribution in [0.25, 0.3) is 10.8 Å². The molecule has 0 unspecified atom stereocenters. The van der Waals surface area contributed by atoms with Crippen LogP contribution in [0.4, 0.5) is 13.2 Å². The van der Waals surface area contributed by atoms with Crippen LogP contribution in [0.5, 0.6) is 5.88 Å². The van der Waals surface area contributed by atoms with Gasteiger partial charge in [0.1, 0.15) is 17.4 Å². The summed E-state index contributed by atoms with van der Waals surface area (Å²) >= 11 is 0. The maximum Gasteiger partial charge on any atom is 0.421 e. The fraction of sp³-hybridized carbons (Fsp3) is 0.211. The van der Waals surface area contributed by atoms with Gasteiger partial charge in [-0.1, -0.05) is 24.3 Å². The van der Waals surface area contributed by atoms with Crippen LogP contribution in [0.3, 0.4) is 0 Å². The Morgan fingerprint density at radius 3 is 2.59 bits per heavy atom. The Hall–Kier alpha value is -3.16. The molecule has 4 rings (SSSR count). The average molecular weight is 373 g/mol. The molecule has 27 heavy (non-hydrogen) atoms. The molecule has 0 saturated carbocycles. The molecule has 1 fully saturated rings. The third-order valence-corrected chi connectivity index (χ3v) is 4.37. The first-order chi connectivity index (χ1) is 12.9. The molecular formula is C19H14F3N3O2. The van der Waals surface area contributed by atoms with Gasteiger partial charge in [0.05, 0.1) is 13.1 Å². The van der Waals surface area contributed by atoms with E-state index in [0.29, 0.717) is 5.69 Å². The monoisotopic (exact) mass is 373 g/mol. The second kappa shape index (κ2) is 6.53. The highest BCUT2D eigenvalue weighted by molar-refractivity contribution is 6.05. The number of halogens is 3. The van der Waals surface area contributed by atoms with Gasteiger partial charge in [-0.05, 0) is 23.6 Å². The van der Waals surface area contributed by atoms with Gasteiger partial charge in [-0.15, -0.1) is 0 Å². The van der Waals surface area contributed by atoms with E-state index in [0.717, 1.165) is 16.8 Å². The Bertz CT molecular complexity index is 995. The molecule has 0 spiro atoms. The van der Waals surface area contributed by atoms with Crippen LogP contribution in [0.15, 0.2) is 54.9 Å². The Kier molecular flexibility index (Phi) is 4.18. The van der Waals surface area contributed by atoms with E-state index < -0.39 is 23.7 Å². The van der Waals surface area contributed by atoms with Crippen LogP contribution >= 0.6 is 0 Å². The van der Waals surface area contributed by atoms with Crippen molar-refractivity contribution in [2.24, 2.45) is 0 Å². The molecule has 3 heterocycles. The van der Waals surface area contributed by atoms with E-state index >= 15 is 0 Å². The lowest BCUT2D eigenvalue weighted by molar-refractivity contribution is -0.140. The highest BCUT2D eigenvalue weighted by Gasteiger charge is 2.39. The van der Waals surface area contributed by atoms with Crippen LogP contribution in [0, 0.1) is 0 Å². The number of nitrogens with zero attached hydrogens (tertiary/aromatic N) is 3. The van der Waals surface area contributed by atoms with Crippen molar-refractivity contribution in [3.8, 4) is 5.88 Å². The SMILES string of the molecule is O=C(c1nccc2ccccc12)N1CC(Oc2ncccc2C(F)(F)F)C1. The minimum absolute atomic E-state index is 0.178. The van der Waals surface area contributed by atoms with Crippen molar-refractivity contribution >= 4 is 16.7 Å². The molecule has 3 aromatic rings. The molecule has 8 heteroatoms. The Morgan fingerprint density at radius 2 is 1.81 bits per heavy atom. The number of carbonyl (C=O) groups excluding carboxylic acids is 1. The molecule has 5 nitrogen and oxygen atoms in total. The summed E-state index contributed by atoms with van der Waals surface area (Å²) in [6.07, 6.45) is -2.28. The van der Waals surface area contributed by atoms with Gasteiger partial charge in [-0.2, -0.15) is 13.2 Å². The number of benzene rings is 1. The van der Waals surface area contributed by atoms with Gasteiger partial charge < -0.3 is 9.64 Å². The first-order valence-electron chi connectivity index (χ1n) is 8.25. The summed E-state index contributed by atoms with van der Waals surface area (Å²) in [5, 5.41) is 1.63. The number of rotatable bonds is 3. The maximum atomic E-state index is 13.0. The first-order valence-corrected chi connectivity index (χ1v) is 8.25. The molecule has 0 atom stereocenters. The summed E-state index contributed by atoms with van der Waals surface area (Å²) in [7, 11) is 0. The third-order valence-electron chi connectivity index (χ3n) is 4.37. The second-order valence-electron chi connectivity index (χ2n) is 6.18. The lowest BCUT2D eigenvalue weighted by atomic mass is 10.1. The van der Waals surface area contributed by atoms with Crippen LogP contribution in [-0.2, 0) is 6.18 Å². The molecule has 0 N–H and O–H groups in total. The number of alkyl halides is 3. The van der Waals surface area contributed by atoms with Crippen LogP contribution in [0.2, 0.25) is 0 Å². The highest BCUT2D eigenvalue weighted by Crippen LogP contribution is 2.35. The predicted octanol–water partition coefficient (Wildman–Crippen LogP) is 3.55. The lowest BCUT2D eigenvalue weighted by Crippen LogP contribution is -2.56. The fourth-order valence-electron chi connectivity index (χ4n) is 2.98. The fourth-order valence-corrected chi connectivity index (χ4v) is 2.98. The number of hydrogen-bond acceptors (Lipinski definition) is 4. The average Bonchev–Trinajstić information content (AvgIpc) is 2.63. The summed E-state index contributed by atoms with van der Waals surface area (Å²) < 4.78 is 44.4. The van der Waals surface area contributed by atoms with Gasteiger partial charge in [0, 0.05) is 17.8 Å². The van der Waals surface area contributed by atoms with Gasteiger partial charge >= 0.3 is 6.18 Å². The van der Waals surface area contributed by atoms with E-state index in [4.69, 9.17) is 4.74 Å². The largest absolute Gasteiger partial charge is 0.470 e. The number of aromatic nitrogens is 2. The van der Waals surface area contributed by atoms with Crippen molar-refractivity contribution in [1.82, 2.24) is 14.9 Å². The summed E-state index contributed by atoms with van der Waals surface area (Å²) in [6, 6.07) is 11.3. The van der Waals surface area contributed by atoms with Crippen LogP contribution in [0.1, 0.15) is 16.1 Å². The van der Waals surface area contributed by atoms with E-state index in [1.54, 1.807) is 6.20 Å². The lowest BCUT2D eigenvalue weighted by Gasteiger charge is -2.38.